The van der Waals surface area contributed by atoms with Gasteiger partial charge >= 0.3 is 0 Å². The van der Waals surface area contributed by atoms with E-state index >= 15 is 0 Å². The molecule has 3 saturated carbocycles. The SMILES string of the molecule is CC(=O)[C@H](C=C[C@@H](C)[C@H]1CC[C@H]2[C@@H]3CCC4=CCCC[C@]4(C)[C@H]3CC[C@]12C)C(C)C. The van der Waals surface area contributed by atoms with Gasteiger partial charge in [-0.05, 0) is 111 Å². The lowest BCUT2D eigenvalue weighted by Gasteiger charge is -2.58. The smallest absolute Gasteiger partial charge is 0.136 e. The standard InChI is InChI=1S/C29H46O/c1-19(2)23(21(4)30)12-10-20(3)25-14-15-26-24-13-11-22-9-7-8-17-28(22,5)27(24)16-18-29(25,26)6/h9-10,12,19-20,23-27H,7-8,11,13-18H2,1-6H3/t20-,23-,24+,25-,26+,27+,28+,29-/m1/s1. The third-order valence-electron chi connectivity index (χ3n) is 10.5. The maximum Gasteiger partial charge on any atom is 0.136 e. The van der Waals surface area contributed by atoms with Crippen LogP contribution in [0.1, 0.15) is 99.3 Å². The van der Waals surface area contributed by atoms with Crippen molar-refractivity contribution in [1.29, 1.82) is 0 Å². The molecule has 0 aromatic heterocycles. The van der Waals surface area contributed by atoms with Crippen molar-refractivity contribution in [3.8, 4) is 0 Å². The van der Waals surface area contributed by atoms with Gasteiger partial charge in [0.2, 0.25) is 0 Å². The number of Topliss-reactive ketones (excluding diaryl/α,β-unsaturated/α-hetero) is 1. The third-order valence-corrected chi connectivity index (χ3v) is 10.5. The molecule has 0 radical (unpaired) electrons. The second kappa shape index (κ2) is 8.25. The van der Waals surface area contributed by atoms with Crippen molar-refractivity contribution in [2.45, 2.75) is 99.3 Å². The monoisotopic (exact) mass is 410 g/mol. The molecule has 0 aliphatic heterocycles. The van der Waals surface area contributed by atoms with Gasteiger partial charge < -0.3 is 0 Å². The average molecular weight is 411 g/mol. The summed E-state index contributed by atoms with van der Waals surface area (Å²) in [6.07, 6.45) is 20.0. The highest BCUT2D eigenvalue weighted by Gasteiger charge is 2.58. The molecule has 0 aromatic rings. The van der Waals surface area contributed by atoms with Gasteiger partial charge in [0.15, 0.2) is 0 Å². The van der Waals surface area contributed by atoms with Crippen LogP contribution < -0.4 is 0 Å². The molecule has 3 fully saturated rings. The van der Waals surface area contributed by atoms with E-state index in [1.54, 1.807) is 6.92 Å². The molecule has 0 spiro atoms. The lowest BCUT2D eigenvalue weighted by atomic mass is 9.46. The van der Waals surface area contributed by atoms with Crippen LogP contribution in [0, 0.1) is 52.3 Å². The number of hydrogen-bond acceptors (Lipinski definition) is 1. The van der Waals surface area contributed by atoms with Crippen LogP contribution in [0.25, 0.3) is 0 Å². The van der Waals surface area contributed by atoms with Crippen LogP contribution in [0.15, 0.2) is 23.8 Å². The molecule has 4 rings (SSSR count). The van der Waals surface area contributed by atoms with E-state index in [-0.39, 0.29) is 5.92 Å². The van der Waals surface area contributed by atoms with E-state index in [4.69, 9.17) is 0 Å². The average Bonchev–Trinajstić information content (AvgIpc) is 3.04. The van der Waals surface area contributed by atoms with E-state index in [0.29, 0.717) is 28.4 Å². The first kappa shape index (κ1) is 22.3. The lowest BCUT2D eigenvalue weighted by molar-refractivity contribution is -0.120. The highest BCUT2D eigenvalue weighted by atomic mass is 16.1. The Morgan fingerprint density at radius 3 is 2.50 bits per heavy atom. The maximum absolute atomic E-state index is 12.1. The Morgan fingerprint density at radius 1 is 1.03 bits per heavy atom. The summed E-state index contributed by atoms with van der Waals surface area (Å²) in [7, 11) is 0. The molecule has 0 bridgehead atoms. The highest BCUT2D eigenvalue weighted by molar-refractivity contribution is 5.80. The number of carbonyl (C=O) groups excluding carboxylic acids is 1. The maximum atomic E-state index is 12.1. The van der Waals surface area contributed by atoms with Crippen LogP contribution in [0.3, 0.4) is 0 Å². The summed E-state index contributed by atoms with van der Waals surface area (Å²) in [5.74, 6) is 4.98. The van der Waals surface area contributed by atoms with Crippen LogP contribution in [0.5, 0.6) is 0 Å². The molecule has 4 aliphatic rings. The molecular formula is C29H46O. The van der Waals surface area contributed by atoms with Gasteiger partial charge in [-0.1, -0.05) is 58.4 Å². The number of hydrogen-bond donors (Lipinski definition) is 0. The quantitative estimate of drug-likeness (QED) is 0.419. The minimum Gasteiger partial charge on any atom is -0.299 e. The molecule has 1 nitrogen and oxygen atoms in total. The predicted molar refractivity (Wildman–Crippen MR) is 127 cm³/mol. The molecule has 1 heteroatoms. The first-order valence-electron chi connectivity index (χ1n) is 13.1. The highest BCUT2D eigenvalue weighted by Crippen LogP contribution is 2.67. The zero-order chi connectivity index (χ0) is 21.7. The van der Waals surface area contributed by atoms with Crippen molar-refractivity contribution < 1.29 is 4.79 Å². The Morgan fingerprint density at radius 2 is 1.80 bits per heavy atom. The second-order valence-corrected chi connectivity index (χ2v) is 12.3. The molecule has 30 heavy (non-hydrogen) atoms. The first-order valence-corrected chi connectivity index (χ1v) is 13.1. The molecule has 4 aliphatic carbocycles. The molecular weight excluding hydrogens is 364 g/mol. The van der Waals surface area contributed by atoms with Crippen molar-refractivity contribution in [3.63, 3.8) is 0 Å². The van der Waals surface area contributed by atoms with E-state index in [1.807, 2.05) is 5.57 Å². The predicted octanol–water partition coefficient (Wildman–Crippen LogP) is 8.01. The largest absolute Gasteiger partial charge is 0.299 e. The van der Waals surface area contributed by atoms with Crippen LogP contribution in [0.4, 0.5) is 0 Å². The van der Waals surface area contributed by atoms with E-state index in [0.717, 1.165) is 23.7 Å². The van der Waals surface area contributed by atoms with Crippen molar-refractivity contribution in [3.05, 3.63) is 23.8 Å². The summed E-state index contributed by atoms with van der Waals surface area (Å²) in [6, 6.07) is 0. The van der Waals surface area contributed by atoms with Crippen molar-refractivity contribution in [1.82, 2.24) is 0 Å². The van der Waals surface area contributed by atoms with Crippen LogP contribution in [0.2, 0.25) is 0 Å². The lowest BCUT2D eigenvalue weighted by Crippen LogP contribution is -2.50. The Bertz CT molecular complexity index is 714. The van der Waals surface area contributed by atoms with Gasteiger partial charge in [-0.3, -0.25) is 4.79 Å². The summed E-state index contributed by atoms with van der Waals surface area (Å²) in [5, 5.41) is 0. The van der Waals surface area contributed by atoms with Gasteiger partial charge in [0.25, 0.3) is 0 Å². The van der Waals surface area contributed by atoms with Gasteiger partial charge in [0, 0.05) is 5.92 Å². The van der Waals surface area contributed by atoms with Crippen molar-refractivity contribution >= 4 is 5.78 Å². The van der Waals surface area contributed by atoms with E-state index in [1.165, 1.54) is 57.8 Å². The van der Waals surface area contributed by atoms with Gasteiger partial charge in [-0.2, -0.15) is 0 Å². The summed E-state index contributed by atoms with van der Waals surface area (Å²) in [4.78, 5) is 12.1. The summed E-state index contributed by atoms with van der Waals surface area (Å²) >= 11 is 0. The molecule has 0 unspecified atom stereocenters. The number of ketones is 1. The van der Waals surface area contributed by atoms with Crippen LogP contribution >= 0.6 is 0 Å². The zero-order valence-corrected chi connectivity index (χ0v) is 20.5. The van der Waals surface area contributed by atoms with Crippen molar-refractivity contribution in [2.24, 2.45) is 52.3 Å². The minimum atomic E-state index is 0.0861. The molecule has 168 valence electrons. The molecule has 8 atom stereocenters. The zero-order valence-electron chi connectivity index (χ0n) is 20.5. The molecule has 0 N–H and O–H groups in total. The van der Waals surface area contributed by atoms with Gasteiger partial charge in [-0.25, -0.2) is 0 Å². The van der Waals surface area contributed by atoms with Crippen LogP contribution in [-0.2, 0) is 4.79 Å². The summed E-state index contributed by atoms with van der Waals surface area (Å²) < 4.78 is 0. The molecule has 0 saturated heterocycles. The second-order valence-electron chi connectivity index (χ2n) is 12.3. The van der Waals surface area contributed by atoms with E-state index in [9.17, 15) is 4.79 Å². The molecule has 0 amide bonds. The van der Waals surface area contributed by atoms with E-state index in [2.05, 4.69) is 52.8 Å². The molecule has 0 aromatic carbocycles. The summed E-state index contributed by atoms with van der Waals surface area (Å²) in [6.45, 7) is 13.8. The Kier molecular flexibility index (Phi) is 6.15. The van der Waals surface area contributed by atoms with Gasteiger partial charge in [0.05, 0.1) is 0 Å². The Balaban J connectivity index is 1.52. The number of fused-ring (bicyclic) bond motifs is 5. The van der Waals surface area contributed by atoms with Gasteiger partial charge in [0.1, 0.15) is 5.78 Å². The fraction of sp³-hybridized carbons (Fsp3) is 0.828. The number of rotatable bonds is 5. The van der Waals surface area contributed by atoms with Gasteiger partial charge in [-0.15, -0.1) is 0 Å². The first-order chi connectivity index (χ1) is 14.2. The number of carbonyl (C=O) groups is 1. The summed E-state index contributed by atoms with van der Waals surface area (Å²) in [5.41, 5.74) is 2.84. The van der Waals surface area contributed by atoms with E-state index < -0.39 is 0 Å². The fourth-order valence-electron chi connectivity index (χ4n) is 8.91. The Labute approximate surface area is 186 Å². The number of allylic oxidation sites excluding steroid dienone is 4. The third kappa shape index (κ3) is 3.57. The topological polar surface area (TPSA) is 17.1 Å². The Hall–Kier alpha value is -0.850. The molecule has 0 heterocycles. The van der Waals surface area contributed by atoms with Crippen molar-refractivity contribution in [2.75, 3.05) is 0 Å². The minimum absolute atomic E-state index is 0.0861. The normalized spacial score (nSPS) is 43.0. The van der Waals surface area contributed by atoms with Crippen LogP contribution in [-0.4, -0.2) is 5.78 Å². The fourth-order valence-corrected chi connectivity index (χ4v) is 8.91.